The molecule has 4 unspecified atom stereocenters. The first-order valence-electron chi connectivity index (χ1n) is 8.00. The van der Waals surface area contributed by atoms with E-state index in [1.165, 1.54) is 45.2 Å². The molecule has 18 heavy (non-hydrogen) atoms. The number of rotatable bonds is 2. The van der Waals surface area contributed by atoms with Crippen molar-refractivity contribution in [1.29, 1.82) is 0 Å². The highest BCUT2D eigenvalue weighted by molar-refractivity contribution is 4.87. The highest BCUT2D eigenvalue weighted by Crippen LogP contribution is 2.31. The zero-order valence-corrected chi connectivity index (χ0v) is 12.4. The van der Waals surface area contributed by atoms with Crippen LogP contribution in [-0.2, 0) is 0 Å². The standard InChI is InChI=1S/C16H31NO/c1-12(2)14-5-4-9-17(10-8-14)15-11-13(3)6-7-16(15)18/h12-16,18H,4-11H2,1-3H3. The normalized spacial score (nSPS) is 39.8. The minimum atomic E-state index is -0.0724. The van der Waals surface area contributed by atoms with Crippen molar-refractivity contribution < 1.29 is 5.11 Å². The number of hydrogen-bond acceptors (Lipinski definition) is 2. The van der Waals surface area contributed by atoms with E-state index in [-0.39, 0.29) is 6.10 Å². The Bertz CT molecular complexity index is 253. The van der Waals surface area contributed by atoms with Gasteiger partial charge in [0, 0.05) is 6.04 Å². The van der Waals surface area contributed by atoms with E-state index in [0.29, 0.717) is 6.04 Å². The van der Waals surface area contributed by atoms with Gasteiger partial charge < -0.3 is 5.11 Å². The van der Waals surface area contributed by atoms with Crippen LogP contribution in [0.15, 0.2) is 0 Å². The van der Waals surface area contributed by atoms with Crippen LogP contribution in [0.25, 0.3) is 0 Å². The molecule has 1 saturated carbocycles. The molecule has 0 aromatic carbocycles. The number of aliphatic hydroxyl groups is 1. The molecule has 0 radical (unpaired) electrons. The fraction of sp³-hybridized carbons (Fsp3) is 1.00. The maximum atomic E-state index is 10.3. The summed E-state index contributed by atoms with van der Waals surface area (Å²) in [5, 5.41) is 10.3. The van der Waals surface area contributed by atoms with Crippen LogP contribution in [0, 0.1) is 17.8 Å². The molecule has 106 valence electrons. The molecular weight excluding hydrogens is 222 g/mol. The minimum Gasteiger partial charge on any atom is -0.391 e. The van der Waals surface area contributed by atoms with Gasteiger partial charge in [-0.3, -0.25) is 4.90 Å². The smallest absolute Gasteiger partial charge is 0.0695 e. The third kappa shape index (κ3) is 3.48. The first-order chi connectivity index (χ1) is 8.58. The van der Waals surface area contributed by atoms with Crippen LogP contribution < -0.4 is 0 Å². The van der Waals surface area contributed by atoms with Gasteiger partial charge in [0.15, 0.2) is 0 Å². The Hall–Kier alpha value is -0.0800. The second kappa shape index (κ2) is 6.38. The van der Waals surface area contributed by atoms with E-state index in [9.17, 15) is 5.11 Å². The fourth-order valence-corrected chi connectivity index (χ4v) is 3.87. The van der Waals surface area contributed by atoms with Gasteiger partial charge in [-0.1, -0.05) is 20.8 Å². The first kappa shape index (κ1) is 14.3. The lowest BCUT2D eigenvalue weighted by Crippen LogP contribution is -2.47. The average molecular weight is 253 g/mol. The molecular formula is C16H31NO. The van der Waals surface area contributed by atoms with Crippen molar-refractivity contribution in [2.45, 2.75) is 71.4 Å². The molecule has 2 heteroatoms. The molecule has 1 saturated heterocycles. The maximum Gasteiger partial charge on any atom is 0.0695 e. The predicted molar refractivity (Wildman–Crippen MR) is 76.6 cm³/mol. The van der Waals surface area contributed by atoms with Crippen molar-refractivity contribution >= 4 is 0 Å². The van der Waals surface area contributed by atoms with Crippen LogP contribution in [0.4, 0.5) is 0 Å². The van der Waals surface area contributed by atoms with E-state index in [0.717, 1.165) is 24.2 Å². The van der Waals surface area contributed by atoms with Gasteiger partial charge in [-0.15, -0.1) is 0 Å². The van der Waals surface area contributed by atoms with E-state index >= 15 is 0 Å². The summed E-state index contributed by atoms with van der Waals surface area (Å²) in [5.74, 6) is 2.51. The van der Waals surface area contributed by atoms with Gasteiger partial charge in [-0.2, -0.15) is 0 Å². The number of aliphatic hydroxyl groups excluding tert-OH is 1. The maximum absolute atomic E-state index is 10.3. The summed E-state index contributed by atoms with van der Waals surface area (Å²) in [4.78, 5) is 2.60. The summed E-state index contributed by atoms with van der Waals surface area (Å²) in [6.45, 7) is 9.47. The van der Waals surface area contributed by atoms with Gasteiger partial charge in [0.1, 0.15) is 0 Å². The average Bonchev–Trinajstić information content (AvgIpc) is 2.58. The predicted octanol–water partition coefficient (Wildman–Crippen LogP) is 3.29. The Balaban J connectivity index is 1.92. The summed E-state index contributed by atoms with van der Waals surface area (Å²) in [6.07, 6.45) is 7.38. The SMILES string of the molecule is CC1CCC(O)C(N2CCCC(C(C)C)CC2)C1. The number of nitrogens with zero attached hydrogens (tertiary/aromatic N) is 1. The van der Waals surface area contributed by atoms with Crippen LogP contribution >= 0.6 is 0 Å². The lowest BCUT2D eigenvalue weighted by molar-refractivity contribution is 0.00645. The molecule has 0 bridgehead atoms. The molecule has 0 spiro atoms. The Labute approximate surface area is 113 Å². The van der Waals surface area contributed by atoms with Crippen molar-refractivity contribution in [3.63, 3.8) is 0 Å². The lowest BCUT2D eigenvalue weighted by atomic mass is 9.84. The van der Waals surface area contributed by atoms with Crippen molar-refractivity contribution in [3.8, 4) is 0 Å². The molecule has 4 atom stereocenters. The molecule has 2 nitrogen and oxygen atoms in total. The molecule has 1 aliphatic heterocycles. The Morgan fingerprint density at radius 2 is 1.83 bits per heavy atom. The molecule has 0 amide bonds. The second-order valence-corrected chi connectivity index (χ2v) is 7.02. The van der Waals surface area contributed by atoms with Gasteiger partial charge >= 0.3 is 0 Å². The molecule has 0 aromatic heterocycles. The van der Waals surface area contributed by atoms with Crippen LogP contribution in [0.5, 0.6) is 0 Å². The third-order valence-corrected chi connectivity index (χ3v) is 5.26. The quantitative estimate of drug-likeness (QED) is 0.816. The van der Waals surface area contributed by atoms with E-state index < -0.39 is 0 Å². The Morgan fingerprint density at radius 1 is 1.06 bits per heavy atom. The fourth-order valence-electron chi connectivity index (χ4n) is 3.87. The molecule has 0 aromatic rings. The van der Waals surface area contributed by atoms with Gasteiger partial charge in [-0.05, 0) is 69.4 Å². The van der Waals surface area contributed by atoms with Crippen LogP contribution in [-0.4, -0.2) is 35.2 Å². The first-order valence-corrected chi connectivity index (χ1v) is 8.00. The summed E-state index contributed by atoms with van der Waals surface area (Å²) in [7, 11) is 0. The Morgan fingerprint density at radius 3 is 2.56 bits per heavy atom. The van der Waals surface area contributed by atoms with E-state index in [1.54, 1.807) is 0 Å². The van der Waals surface area contributed by atoms with Gasteiger partial charge in [0.2, 0.25) is 0 Å². The molecule has 2 aliphatic rings. The van der Waals surface area contributed by atoms with E-state index in [1.807, 2.05) is 0 Å². The highest BCUT2D eigenvalue weighted by Gasteiger charge is 2.33. The summed E-state index contributed by atoms with van der Waals surface area (Å²) in [6, 6.07) is 0.444. The van der Waals surface area contributed by atoms with Crippen LogP contribution in [0.2, 0.25) is 0 Å². The van der Waals surface area contributed by atoms with E-state index in [4.69, 9.17) is 0 Å². The van der Waals surface area contributed by atoms with Crippen molar-refractivity contribution in [2.75, 3.05) is 13.1 Å². The van der Waals surface area contributed by atoms with Gasteiger partial charge in [-0.25, -0.2) is 0 Å². The highest BCUT2D eigenvalue weighted by atomic mass is 16.3. The van der Waals surface area contributed by atoms with Crippen molar-refractivity contribution in [2.24, 2.45) is 17.8 Å². The zero-order valence-electron chi connectivity index (χ0n) is 12.4. The summed E-state index contributed by atoms with van der Waals surface area (Å²) >= 11 is 0. The van der Waals surface area contributed by atoms with Gasteiger partial charge in [0.05, 0.1) is 6.10 Å². The Kier molecular flexibility index (Phi) is 5.08. The minimum absolute atomic E-state index is 0.0724. The number of likely N-dealkylation sites (tertiary alicyclic amines) is 1. The van der Waals surface area contributed by atoms with Crippen LogP contribution in [0.1, 0.15) is 59.3 Å². The summed E-state index contributed by atoms with van der Waals surface area (Å²) in [5.41, 5.74) is 0. The molecule has 2 rings (SSSR count). The molecule has 1 aliphatic carbocycles. The topological polar surface area (TPSA) is 23.5 Å². The van der Waals surface area contributed by atoms with Crippen molar-refractivity contribution in [3.05, 3.63) is 0 Å². The summed E-state index contributed by atoms with van der Waals surface area (Å²) < 4.78 is 0. The molecule has 2 fully saturated rings. The third-order valence-electron chi connectivity index (χ3n) is 5.26. The van der Waals surface area contributed by atoms with Crippen LogP contribution in [0.3, 0.4) is 0 Å². The van der Waals surface area contributed by atoms with E-state index in [2.05, 4.69) is 25.7 Å². The van der Waals surface area contributed by atoms with Gasteiger partial charge in [0.25, 0.3) is 0 Å². The largest absolute Gasteiger partial charge is 0.391 e. The lowest BCUT2D eigenvalue weighted by Gasteiger charge is -2.39. The molecule has 1 N–H and O–H groups in total. The monoisotopic (exact) mass is 253 g/mol. The zero-order chi connectivity index (χ0) is 13.1. The second-order valence-electron chi connectivity index (χ2n) is 7.02. The van der Waals surface area contributed by atoms with Crippen molar-refractivity contribution in [1.82, 2.24) is 4.90 Å². The number of hydrogen-bond donors (Lipinski definition) is 1. The molecule has 1 heterocycles.